The monoisotopic (exact) mass is 279 g/mol. The van der Waals surface area contributed by atoms with Crippen LogP contribution < -0.4 is 0 Å². The van der Waals surface area contributed by atoms with Gasteiger partial charge < -0.3 is 10.0 Å². The van der Waals surface area contributed by atoms with Crippen molar-refractivity contribution in [2.75, 3.05) is 6.54 Å². The van der Waals surface area contributed by atoms with E-state index in [9.17, 15) is 9.59 Å². The van der Waals surface area contributed by atoms with E-state index in [4.69, 9.17) is 5.11 Å². The van der Waals surface area contributed by atoms with Gasteiger partial charge in [0.05, 0.1) is 6.54 Å². The summed E-state index contributed by atoms with van der Waals surface area (Å²) in [7, 11) is 0. The number of carboxylic acid groups (broad SMARTS) is 1. The van der Waals surface area contributed by atoms with Gasteiger partial charge in [0.25, 0.3) is 0 Å². The second kappa shape index (κ2) is 6.02. The smallest absolute Gasteiger partial charge is 0.328 e. The molecule has 102 valence electrons. The van der Waals surface area contributed by atoms with Crippen LogP contribution in [-0.2, 0) is 16.1 Å². The fourth-order valence-corrected chi connectivity index (χ4v) is 3.08. The number of aliphatic carboxylic acids is 1. The van der Waals surface area contributed by atoms with E-state index in [-0.39, 0.29) is 11.8 Å². The molecule has 1 saturated heterocycles. The lowest BCUT2D eigenvalue weighted by Crippen LogP contribution is -2.39. The molecule has 2 heterocycles. The summed E-state index contributed by atoms with van der Waals surface area (Å²) in [5, 5.41) is 10.5. The molecule has 1 atom stereocenters. The van der Waals surface area contributed by atoms with Gasteiger partial charge in [0.2, 0.25) is 5.91 Å². The van der Waals surface area contributed by atoms with Crippen molar-refractivity contribution < 1.29 is 14.7 Å². The zero-order valence-electron chi connectivity index (χ0n) is 10.8. The van der Waals surface area contributed by atoms with Crippen LogP contribution in [0, 0.1) is 5.92 Å². The number of carbonyl (C=O) groups excluding carboxylic acids is 1. The molecule has 1 N–H and O–H groups in total. The maximum absolute atomic E-state index is 12.0. The Morgan fingerprint density at radius 3 is 3.16 bits per heavy atom. The van der Waals surface area contributed by atoms with E-state index in [1.807, 2.05) is 23.3 Å². The predicted octanol–water partition coefficient (Wildman–Crippen LogP) is 2.60. The third-order valence-electron chi connectivity index (χ3n) is 3.24. The number of amides is 1. The van der Waals surface area contributed by atoms with E-state index in [1.54, 1.807) is 17.4 Å². The Morgan fingerprint density at radius 2 is 2.42 bits per heavy atom. The molecule has 1 amide bonds. The average molecular weight is 279 g/mol. The van der Waals surface area contributed by atoms with Crippen LogP contribution in [0.1, 0.15) is 30.2 Å². The molecule has 2 rings (SSSR count). The highest BCUT2D eigenvalue weighted by Crippen LogP contribution is 2.23. The first-order valence-corrected chi connectivity index (χ1v) is 7.21. The maximum atomic E-state index is 12.0. The Balaban J connectivity index is 1.99. The van der Waals surface area contributed by atoms with Crippen molar-refractivity contribution in [1.82, 2.24) is 4.90 Å². The van der Waals surface area contributed by atoms with Gasteiger partial charge in [-0.1, -0.05) is 6.92 Å². The van der Waals surface area contributed by atoms with Gasteiger partial charge in [-0.05, 0) is 35.9 Å². The molecular weight excluding hydrogens is 262 g/mol. The minimum absolute atomic E-state index is 0.125. The lowest BCUT2D eigenvalue weighted by atomic mass is 9.99. The first-order valence-electron chi connectivity index (χ1n) is 6.33. The van der Waals surface area contributed by atoms with Crippen LogP contribution >= 0.6 is 11.3 Å². The van der Waals surface area contributed by atoms with Crippen molar-refractivity contribution >= 4 is 29.3 Å². The Morgan fingerprint density at radius 1 is 1.63 bits per heavy atom. The molecule has 0 aromatic carbocycles. The van der Waals surface area contributed by atoms with E-state index in [0.717, 1.165) is 35.9 Å². The van der Waals surface area contributed by atoms with Gasteiger partial charge in [-0.15, -0.1) is 11.3 Å². The summed E-state index contributed by atoms with van der Waals surface area (Å²) in [6.07, 6.45) is 4.74. The number of hydrogen-bond donors (Lipinski definition) is 1. The largest absolute Gasteiger partial charge is 0.478 e. The van der Waals surface area contributed by atoms with Gasteiger partial charge in [0.1, 0.15) is 0 Å². The van der Waals surface area contributed by atoms with Gasteiger partial charge >= 0.3 is 5.97 Å². The van der Waals surface area contributed by atoms with Crippen LogP contribution in [0.25, 0.3) is 6.08 Å². The molecule has 0 radical (unpaired) electrons. The quantitative estimate of drug-likeness (QED) is 0.862. The summed E-state index contributed by atoms with van der Waals surface area (Å²) in [5.41, 5.74) is 0.875. The van der Waals surface area contributed by atoms with Crippen molar-refractivity contribution in [3.63, 3.8) is 0 Å². The van der Waals surface area contributed by atoms with E-state index >= 15 is 0 Å². The summed E-state index contributed by atoms with van der Waals surface area (Å²) < 4.78 is 0. The summed E-state index contributed by atoms with van der Waals surface area (Å²) in [6, 6.07) is 1.94. The highest BCUT2D eigenvalue weighted by molar-refractivity contribution is 7.10. The van der Waals surface area contributed by atoms with Crippen molar-refractivity contribution in [3.8, 4) is 0 Å². The third-order valence-corrected chi connectivity index (χ3v) is 4.18. The highest BCUT2D eigenvalue weighted by Gasteiger charge is 2.25. The molecule has 1 aromatic rings. The number of nitrogens with zero attached hydrogens (tertiary/aromatic N) is 1. The number of carbonyl (C=O) groups is 2. The van der Waals surface area contributed by atoms with E-state index in [0.29, 0.717) is 6.54 Å². The van der Waals surface area contributed by atoms with Gasteiger partial charge in [-0.25, -0.2) is 4.79 Å². The zero-order chi connectivity index (χ0) is 13.8. The highest BCUT2D eigenvalue weighted by atomic mass is 32.1. The summed E-state index contributed by atoms with van der Waals surface area (Å²) in [6.45, 7) is 3.43. The second-order valence-corrected chi connectivity index (χ2v) is 5.82. The van der Waals surface area contributed by atoms with Crippen LogP contribution in [0.4, 0.5) is 0 Å². The van der Waals surface area contributed by atoms with Crippen molar-refractivity contribution in [2.24, 2.45) is 5.92 Å². The molecule has 1 aliphatic rings. The number of rotatable bonds is 4. The first-order chi connectivity index (χ1) is 9.06. The minimum atomic E-state index is -0.951. The van der Waals surface area contributed by atoms with E-state index in [1.165, 1.54) is 0 Å². The van der Waals surface area contributed by atoms with Gasteiger partial charge in [0.15, 0.2) is 0 Å². The molecule has 4 nitrogen and oxygen atoms in total. The number of thiophene rings is 1. The average Bonchev–Trinajstić information content (AvgIpc) is 2.80. The minimum Gasteiger partial charge on any atom is -0.478 e. The Labute approximate surface area is 116 Å². The van der Waals surface area contributed by atoms with Crippen molar-refractivity contribution in [1.29, 1.82) is 0 Å². The normalized spacial score (nSPS) is 20.2. The standard InChI is InChI=1S/C14H17NO3S/c1-10-3-2-6-15(14(10)18)8-12-7-11(9-19-12)4-5-13(16)17/h4-5,7,9-10H,2-3,6,8H2,1H3,(H,16,17)/b5-4+. The molecule has 19 heavy (non-hydrogen) atoms. The van der Waals surface area contributed by atoms with Crippen molar-refractivity contribution in [3.05, 3.63) is 28.0 Å². The van der Waals surface area contributed by atoms with Gasteiger partial charge in [-0.3, -0.25) is 4.79 Å². The molecule has 1 unspecified atom stereocenters. The molecule has 1 aromatic heterocycles. The topological polar surface area (TPSA) is 57.6 Å². The molecule has 0 saturated carbocycles. The second-order valence-electron chi connectivity index (χ2n) is 4.82. The number of carboxylic acids is 1. The number of piperidine rings is 1. The lowest BCUT2D eigenvalue weighted by molar-refractivity contribution is -0.138. The van der Waals surface area contributed by atoms with Crippen LogP contribution in [0.2, 0.25) is 0 Å². The van der Waals surface area contributed by atoms with Crippen LogP contribution in [0.15, 0.2) is 17.5 Å². The molecule has 0 bridgehead atoms. The zero-order valence-corrected chi connectivity index (χ0v) is 11.7. The van der Waals surface area contributed by atoms with Crippen LogP contribution in [-0.4, -0.2) is 28.4 Å². The molecule has 0 aliphatic carbocycles. The van der Waals surface area contributed by atoms with Crippen molar-refractivity contribution in [2.45, 2.75) is 26.3 Å². The van der Waals surface area contributed by atoms with Crippen LogP contribution in [0.5, 0.6) is 0 Å². The Kier molecular flexibility index (Phi) is 4.37. The van der Waals surface area contributed by atoms with Gasteiger partial charge in [-0.2, -0.15) is 0 Å². The number of hydrogen-bond acceptors (Lipinski definition) is 3. The lowest BCUT2D eigenvalue weighted by Gasteiger charge is -2.30. The third kappa shape index (κ3) is 3.67. The summed E-state index contributed by atoms with van der Waals surface area (Å²) in [4.78, 5) is 25.4. The predicted molar refractivity (Wildman–Crippen MR) is 74.8 cm³/mol. The molecular formula is C14H17NO3S. The van der Waals surface area contributed by atoms with E-state index < -0.39 is 5.97 Å². The molecule has 5 heteroatoms. The fourth-order valence-electron chi connectivity index (χ4n) is 2.21. The Bertz CT molecular complexity index is 507. The van der Waals surface area contributed by atoms with Gasteiger partial charge in [0, 0.05) is 23.4 Å². The SMILES string of the molecule is CC1CCCN(Cc2cc(/C=C/C(=O)O)cs2)C1=O. The molecule has 0 spiro atoms. The van der Waals surface area contributed by atoms with E-state index in [2.05, 4.69) is 0 Å². The first kappa shape index (κ1) is 13.8. The molecule has 1 fully saturated rings. The number of likely N-dealkylation sites (tertiary alicyclic amines) is 1. The summed E-state index contributed by atoms with van der Waals surface area (Å²) in [5.74, 6) is -0.602. The molecule has 1 aliphatic heterocycles. The van der Waals surface area contributed by atoms with Crippen LogP contribution in [0.3, 0.4) is 0 Å². The Hall–Kier alpha value is -1.62. The summed E-state index contributed by atoms with van der Waals surface area (Å²) >= 11 is 1.56. The fraction of sp³-hybridized carbons (Fsp3) is 0.429. The maximum Gasteiger partial charge on any atom is 0.328 e.